The van der Waals surface area contributed by atoms with Gasteiger partial charge in [-0.05, 0) is 44.3 Å². The van der Waals surface area contributed by atoms with E-state index in [4.69, 9.17) is 10.9 Å². The lowest BCUT2D eigenvalue weighted by atomic mass is 10.1. The van der Waals surface area contributed by atoms with Gasteiger partial charge < -0.3 is 10.9 Å². The van der Waals surface area contributed by atoms with Crippen molar-refractivity contribution in [3.8, 4) is 0 Å². The first-order chi connectivity index (χ1) is 9.26. The molecule has 19 heavy (non-hydrogen) atoms. The van der Waals surface area contributed by atoms with Gasteiger partial charge in [-0.3, -0.25) is 4.90 Å². The first-order valence-corrected chi connectivity index (χ1v) is 6.99. The molecule has 1 aromatic carbocycles. The largest absolute Gasteiger partial charge is 0.409 e. The zero-order valence-corrected chi connectivity index (χ0v) is 11.8. The van der Waals surface area contributed by atoms with Gasteiger partial charge in [0.25, 0.3) is 0 Å². The van der Waals surface area contributed by atoms with E-state index in [0.29, 0.717) is 6.54 Å². The Balaban J connectivity index is 2.24. The van der Waals surface area contributed by atoms with E-state index in [-0.39, 0.29) is 5.84 Å². The summed E-state index contributed by atoms with van der Waals surface area (Å²) in [6.07, 6.45) is 4.50. The molecule has 0 aliphatic heterocycles. The molecule has 106 valence electrons. The van der Waals surface area contributed by atoms with E-state index in [1.165, 1.54) is 12.0 Å². The van der Waals surface area contributed by atoms with E-state index in [1.54, 1.807) is 0 Å². The molecule has 3 N–H and O–H groups in total. The van der Waals surface area contributed by atoms with Gasteiger partial charge in [0.2, 0.25) is 0 Å². The van der Waals surface area contributed by atoms with Crippen molar-refractivity contribution >= 4 is 5.84 Å². The Morgan fingerprint density at radius 2 is 1.95 bits per heavy atom. The maximum Gasteiger partial charge on any atom is 0.153 e. The third kappa shape index (κ3) is 6.82. The summed E-state index contributed by atoms with van der Waals surface area (Å²) in [5.74, 6) is 0.288. The quantitative estimate of drug-likeness (QED) is 0.236. The first kappa shape index (κ1) is 15.5. The Labute approximate surface area is 115 Å². The summed E-state index contributed by atoms with van der Waals surface area (Å²) < 4.78 is 0. The predicted molar refractivity (Wildman–Crippen MR) is 79.5 cm³/mol. The third-order valence-corrected chi connectivity index (χ3v) is 3.09. The van der Waals surface area contributed by atoms with Crippen molar-refractivity contribution in [1.29, 1.82) is 0 Å². The molecule has 4 nitrogen and oxygen atoms in total. The van der Waals surface area contributed by atoms with E-state index < -0.39 is 0 Å². The molecule has 0 amide bonds. The number of nitrogens with zero attached hydrogens (tertiary/aromatic N) is 2. The Morgan fingerprint density at radius 1 is 1.21 bits per heavy atom. The van der Waals surface area contributed by atoms with Crippen LogP contribution in [0.15, 0.2) is 35.5 Å². The van der Waals surface area contributed by atoms with Crippen molar-refractivity contribution < 1.29 is 5.21 Å². The van der Waals surface area contributed by atoms with Crippen molar-refractivity contribution in [1.82, 2.24) is 4.90 Å². The molecular weight excluding hydrogens is 238 g/mol. The molecular formula is C15H25N3O. The summed E-state index contributed by atoms with van der Waals surface area (Å²) in [5.41, 5.74) is 6.95. The Morgan fingerprint density at radius 3 is 2.58 bits per heavy atom. The van der Waals surface area contributed by atoms with Gasteiger partial charge >= 0.3 is 0 Å². The normalized spacial score (nSPS) is 12.0. The number of amidine groups is 1. The van der Waals surface area contributed by atoms with Crippen LogP contribution in [0.5, 0.6) is 0 Å². The number of aryl methyl sites for hydroxylation is 1. The highest BCUT2D eigenvalue weighted by molar-refractivity contribution is 5.81. The molecule has 0 bridgehead atoms. The van der Waals surface area contributed by atoms with E-state index in [1.807, 2.05) is 6.07 Å². The summed E-state index contributed by atoms with van der Waals surface area (Å²) in [5, 5.41) is 11.6. The van der Waals surface area contributed by atoms with Crippen molar-refractivity contribution in [2.24, 2.45) is 10.9 Å². The zero-order chi connectivity index (χ0) is 13.9. The fourth-order valence-corrected chi connectivity index (χ4v) is 2.16. The van der Waals surface area contributed by atoms with Crippen LogP contribution < -0.4 is 5.73 Å². The fraction of sp³-hybridized carbons (Fsp3) is 0.533. The minimum atomic E-state index is 0.288. The second-order valence-electron chi connectivity index (χ2n) is 4.81. The smallest absolute Gasteiger partial charge is 0.153 e. The number of rotatable bonds is 9. The van der Waals surface area contributed by atoms with Crippen LogP contribution in [0.25, 0.3) is 0 Å². The summed E-state index contributed by atoms with van der Waals surface area (Å²) in [6, 6.07) is 10.5. The molecule has 1 rings (SSSR count). The van der Waals surface area contributed by atoms with Crippen molar-refractivity contribution in [3.05, 3.63) is 35.9 Å². The fourth-order valence-electron chi connectivity index (χ4n) is 2.16. The van der Waals surface area contributed by atoms with Crippen LogP contribution in [-0.4, -0.2) is 35.6 Å². The molecule has 0 saturated carbocycles. The highest BCUT2D eigenvalue weighted by atomic mass is 16.4. The molecule has 0 aliphatic rings. The summed E-state index contributed by atoms with van der Waals surface area (Å²) in [6.45, 7) is 4.68. The molecule has 0 aromatic heterocycles. The van der Waals surface area contributed by atoms with Crippen LogP contribution in [0.3, 0.4) is 0 Å². The highest BCUT2D eigenvalue weighted by Crippen LogP contribution is 2.05. The van der Waals surface area contributed by atoms with Crippen molar-refractivity contribution in [2.45, 2.75) is 32.6 Å². The van der Waals surface area contributed by atoms with Gasteiger partial charge in [-0.1, -0.05) is 42.4 Å². The Kier molecular flexibility index (Phi) is 7.66. The average Bonchev–Trinajstić information content (AvgIpc) is 2.44. The van der Waals surface area contributed by atoms with Gasteiger partial charge in [-0.25, -0.2) is 0 Å². The first-order valence-electron chi connectivity index (χ1n) is 6.99. The lowest BCUT2D eigenvalue weighted by Gasteiger charge is -2.20. The van der Waals surface area contributed by atoms with Crippen molar-refractivity contribution in [3.63, 3.8) is 0 Å². The van der Waals surface area contributed by atoms with Gasteiger partial charge in [0, 0.05) is 0 Å². The SMILES string of the molecule is CCCN(CCCCc1ccccc1)C/C(N)=N/O. The second-order valence-corrected chi connectivity index (χ2v) is 4.81. The predicted octanol–water partition coefficient (Wildman–Crippen LogP) is 2.47. The molecule has 0 heterocycles. The van der Waals surface area contributed by atoms with Gasteiger partial charge in [-0.15, -0.1) is 0 Å². The third-order valence-electron chi connectivity index (χ3n) is 3.09. The highest BCUT2D eigenvalue weighted by Gasteiger charge is 2.06. The van der Waals surface area contributed by atoms with E-state index in [0.717, 1.165) is 32.4 Å². The molecule has 0 atom stereocenters. The van der Waals surface area contributed by atoms with Crippen LogP contribution in [-0.2, 0) is 6.42 Å². The number of unbranched alkanes of at least 4 members (excludes halogenated alkanes) is 1. The summed E-state index contributed by atoms with van der Waals surface area (Å²) in [7, 11) is 0. The van der Waals surface area contributed by atoms with E-state index in [9.17, 15) is 0 Å². The second kappa shape index (κ2) is 9.39. The molecule has 4 heteroatoms. The lowest BCUT2D eigenvalue weighted by Crippen LogP contribution is -2.35. The van der Waals surface area contributed by atoms with Crippen LogP contribution in [0, 0.1) is 0 Å². The minimum absolute atomic E-state index is 0.288. The monoisotopic (exact) mass is 263 g/mol. The lowest BCUT2D eigenvalue weighted by molar-refractivity contribution is 0.287. The van der Waals surface area contributed by atoms with Gasteiger partial charge in [0.1, 0.15) is 0 Å². The van der Waals surface area contributed by atoms with Crippen LogP contribution >= 0.6 is 0 Å². The van der Waals surface area contributed by atoms with E-state index >= 15 is 0 Å². The Hall–Kier alpha value is -1.55. The van der Waals surface area contributed by atoms with Crippen molar-refractivity contribution in [2.75, 3.05) is 19.6 Å². The molecule has 0 radical (unpaired) electrons. The van der Waals surface area contributed by atoms with Crippen LogP contribution in [0.4, 0.5) is 0 Å². The zero-order valence-electron chi connectivity index (χ0n) is 11.8. The molecule has 1 aromatic rings. The standard InChI is InChI=1S/C15H25N3O/c1-2-11-18(13-15(16)17-19)12-7-6-10-14-8-4-3-5-9-14/h3-5,8-9,19H,2,6-7,10-13H2,1H3,(H2,16,17). The number of hydrogen-bond acceptors (Lipinski definition) is 3. The Bertz CT molecular complexity index is 365. The van der Waals surface area contributed by atoms with Gasteiger partial charge in [0.05, 0.1) is 6.54 Å². The topological polar surface area (TPSA) is 61.8 Å². The number of nitrogens with two attached hydrogens (primary N) is 1. The maximum atomic E-state index is 8.61. The number of hydrogen-bond donors (Lipinski definition) is 2. The maximum absolute atomic E-state index is 8.61. The molecule has 0 saturated heterocycles. The van der Waals surface area contributed by atoms with Gasteiger partial charge in [0.15, 0.2) is 5.84 Å². The van der Waals surface area contributed by atoms with E-state index in [2.05, 4.69) is 41.2 Å². The van der Waals surface area contributed by atoms with Gasteiger partial charge in [-0.2, -0.15) is 0 Å². The number of oxime groups is 1. The molecule has 0 aliphatic carbocycles. The number of benzene rings is 1. The minimum Gasteiger partial charge on any atom is -0.409 e. The van der Waals surface area contributed by atoms with Crippen LogP contribution in [0.2, 0.25) is 0 Å². The molecule has 0 fully saturated rings. The molecule has 0 spiro atoms. The summed E-state index contributed by atoms with van der Waals surface area (Å²) in [4.78, 5) is 2.24. The summed E-state index contributed by atoms with van der Waals surface area (Å²) >= 11 is 0. The molecule has 0 unspecified atom stereocenters. The van der Waals surface area contributed by atoms with Crippen LogP contribution in [0.1, 0.15) is 31.7 Å². The average molecular weight is 263 g/mol.